The number of aliphatic hydroxyl groups is 2. The second kappa shape index (κ2) is 6.05. The van der Waals surface area contributed by atoms with Gasteiger partial charge in [0.1, 0.15) is 5.75 Å². The average molecular weight is 331 g/mol. The third-order valence-corrected chi connectivity index (χ3v) is 6.13. The van der Waals surface area contributed by atoms with Crippen molar-refractivity contribution in [1.82, 2.24) is 4.90 Å². The number of fused-ring (bicyclic) bond motifs is 3. The second-order valence-electron chi connectivity index (χ2n) is 7.62. The fourth-order valence-corrected chi connectivity index (χ4v) is 4.62. The number of aliphatic hydroxyl groups excluding tert-OH is 2. The monoisotopic (exact) mass is 331 g/mol. The van der Waals surface area contributed by atoms with Crippen LogP contribution in [0, 0.1) is 11.3 Å². The zero-order chi connectivity index (χ0) is 16.7. The van der Waals surface area contributed by atoms with E-state index in [4.69, 9.17) is 4.74 Å². The lowest BCUT2D eigenvalue weighted by atomic mass is 9.74. The molecule has 1 aromatic rings. The molecular weight excluding hydrogens is 306 g/mol. The molecule has 0 radical (unpaired) electrons. The van der Waals surface area contributed by atoms with Crippen LogP contribution in [0.15, 0.2) is 24.3 Å². The largest absolute Gasteiger partial charge is 0.493 e. The number of likely N-dealkylation sites (tertiary alicyclic amines) is 1. The molecule has 2 heterocycles. The first-order valence-corrected chi connectivity index (χ1v) is 8.92. The van der Waals surface area contributed by atoms with E-state index in [9.17, 15) is 15.0 Å². The molecule has 1 amide bonds. The molecule has 2 fully saturated rings. The van der Waals surface area contributed by atoms with Crippen LogP contribution in [0.3, 0.4) is 0 Å². The van der Waals surface area contributed by atoms with Crippen LogP contribution in [-0.4, -0.2) is 53.4 Å². The van der Waals surface area contributed by atoms with Gasteiger partial charge in [-0.2, -0.15) is 0 Å². The molecule has 1 aromatic carbocycles. The van der Waals surface area contributed by atoms with Crippen molar-refractivity contribution in [2.75, 3.05) is 26.3 Å². The molecule has 2 N–H and O–H groups in total. The summed E-state index contributed by atoms with van der Waals surface area (Å²) < 4.78 is 5.89. The van der Waals surface area contributed by atoms with Crippen LogP contribution < -0.4 is 4.74 Å². The Morgan fingerprint density at radius 1 is 1.25 bits per heavy atom. The summed E-state index contributed by atoms with van der Waals surface area (Å²) in [7, 11) is 0. The predicted molar refractivity (Wildman–Crippen MR) is 88.7 cm³/mol. The van der Waals surface area contributed by atoms with E-state index in [0.717, 1.165) is 24.2 Å². The lowest BCUT2D eigenvalue weighted by molar-refractivity contribution is -0.136. The number of hydrogen-bond acceptors (Lipinski definition) is 4. The Kier molecular flexibility index (Phi) is 4.01. The first kappa shape index (κ1) is 15.9. The van der Waals surface area contributed by atoms with Gasteiger partial charge >= 0.3 is 0 Å². The van der Waals surface area contributed by atoms with E-state index in [1.807, 2.05) is 23.1 Å². The summed E-state index contributed by atoms with van der Waals surface area (Å²) in [5, 5.41) is 19.7. The van der Waals surface area contributed by atoms with Gasteiger partial charge in [0.2, 0.25) is 5.91 Å². The molecule has 0 spiro atoms. The number of carbonyl (C=O) groups is 1. The summed E-state index contributed by atoms with van der Waals surface area (Å²) in [6.45, 7) is 1.69. The van der Waals surface area contributed by atoms with Crippen LogP contribution in [0.4, 0.5) is 0 Å². The molecule has 0 aromatic heterocycles. The van der Waals surface area contributed by atoms with Crippen LogP contribution in [0.25, 0.3) is 0 Å². The maximum absolute atomic E-state index is 12.9. The lowest BCUT2D eigenvalue weighted by Gasteiger charge is -2.37. The highest BCUT2D eigenvalue weighted by Gasteiger charge is 2.52. The van der Waals surface area contributed by atoms with Gasteiger partial charge in [-0.1, -0.05) is 18.2 Å². The van der Waals surface area contributed by atoms with E-state index in [1.165, 1.54) is 0 Å². The van der Waals surface area contributed by atoms with Crippen LogP contribution in [0.1, 0.15) is 37.2 Å². The summed E-state index contributed by atoms with van der Waals surface area (Å²) in [6.07, 6.45) is 2.70. The van der Waals surface area contributed by atoms with Gasteiger partial charge in [0.15, 0.2) is 0 Å². The molecule has 4 rings (SSSR count). The SMILES string of the molecule is O=C(C1CCC(O)CC1)N1C[C@@H]2c3ccccc3OC[C@]2(CO)C1. The van der Waals surface area contributed by atoms with Crippen LogP contribution in [0.2, 0.25) is 0 Å². The van der Waals surface area contributed by atoms with E-state index in [2.05, 4.69) is 6.07 Å². The van der Waals surface area contributed by atoms with Crippen molar-refractivity contribution in [3.8, 4) is 5.75 Å². The van der Waals surface area contributed by atoms with E-state index in [1.54, 1.807) is 0 Å². The normalized spacial score (nSPS) is 35.1. The first-order chi connectivity index (χ1) is 11.6. The Morgan fingerprint density at radius 3 is 2.75 bits per heavy atom. The number of ether oxygens (including phenoxy) is 1. The quantitative estimate of drug-likeness (QED) is 0.862. The summed E-state index contributed by atoms with van der Waals surface area (Å²) in [4.78, 5) is 14.9. The van der Waals surface area contributed by atoms with Gasteiger partial charge in [0.25, 0.3) is 0 Å². The van der Waals surface area contributed by atoms with E-state index in [-0.39, 0.29) is 30.5 Å². The van der Waals surface area contributed by atoms with Gasteiger partial charge in [0, 0.05) is 24.9 Å². The zero-order valence-electron chi connectivity index (χ0n) is 13.9. The molecule has 130 valence electrons. The summed E-state index contributed by atoms with van der Waals surface area (Å²) >= 11 is 0. The van der Waals surface area contributed by atoms with E-state index < -0.39 is 5.41 Å². The Morgan fingerprint density at radius 2 is 2.00 bits per heavy atom. The van der Waals surface area contributed by atoms with E-state index >= 15 is 0 Å². The molecule has 0 bridgehead atoms. The molecule has 1 aliphatic carbocycles. The molecule has 3 aliphatic rings. The van der Waals surface area contributed by atoms with Gasteiger partial charge in [-0.05, 0) is 37.3 Å². The summed E-state index contributed by atoms with van der Waals surface area (Å²) in [6, 6.07) is 7.96. The highest BCUT2D eigenvalue weighted by molar-refractivity contribution is 5.79. The molecule has 0 unspecified atom stereocenters. The number of rotatable bonds is 2. The Balaban J connectivity index is 1.56. The van der Waals surface area contributed by atoms with Gasteiger partial charge in [-0.3, -0.25) is 4.79 Å². The van der Waals surface area contributed by atoms with Gasteiger partial charge in [0.05, 0.1) is 24.7 Å². The van der Waals surface area contributed by atoms with Crippen molar-refractivity contribution < 1.29 is 19.7 Å². The third kappa shape index (κ3) is 2.50. The standard InChI is InChI=1S/C19H25NO4/c21-11-19-10-20(18(23)13-5-7-14(22)8-6-13)9-16(19)15-3-1-2-4-17(15)24-12-19/h1-4,13-14,16,21-22H,5-12H2/t13?,14?,16-,19-/m1/s1. The fraction of sp³-hybridized carbons (Fsp3) is 0.632. The minimum absolute atomic E-state index is 0.0143. The highest BCUT2D eigenvalue weighted by Crippen LogP contribution is 2.49. The number of para-hydroxylation sites is 1. The molecule has 2 aliphatic heterocycles. The Labute approximate surface area is 142 Å². The number of carbonyl (C=O) groups excluding carboxylic acids is 1. The Bertz CT molecular complexity index is 626. The maximum atomic E-state index is 12.9. The van der Waals surface area contributed by atoms with Crippen LogP contribution in [0.5, 0.6) is 5.75 Å². The maximum Gasteiger partial charge on any atom is 0.225 e. The minimum Gasteiger partial charge on any atom is -0.493 e. The van der Waals surface area contributed by atoms with Crippen molar-refractivity contribution in [1.29, 1.82) is 0 Å². The zero-order valence-corrected chi connectivity index (χ0v) is 13.9. The van der Waals surface area contributed by atoms with Crippen LogP contribution in [-0.2, 0) is 4.79 Å². The van der Waals surface area contributed by atoms with Crippen molar-refractivity contribution in [3.05, 3.63) is 29.8 Å². The summed E-state index contributed by atoms with van der Waals surface area (Å²) in [5.41, 5.74) is 0.713. The first-order valence-electron chi connectivity index (χ1n) is 8.92. The molecule has 2 atom stereocenters. The molecule has 5 heteroatoms. The van der Waals surface area contributed by atoms with Crippen LogP contribution >= 0.6 is 0 Å². The molecular formula is C19H25NO4. The molecule has 24 heavy (non-hydrogen) atoms. The smallest absolute Gasteiger partial charge is 0.225 e. The third-order valence-electron chi connectivity index (χ3n) is 6.13. The van der Waals surface area contributed by atoms with Crippen molar-refractivity contribution in [3.63, 3.8) is 0 Å². The number of nitrogens with zero attached hydrogens (tertiary/aromatic N) is 1. The van der Waals surface area contributed by atoms with Crippen molar-refractivity contribution in [2.24, 2.45) is 11.3 Å². The molecule has 5 nitrogen and oxygen atoms in total. The predicted octanol–water partition coefficient (Wildman–Crippen LogP) is 1.53. The topological polar surface area (TPSA) is 70.0 Å². The highest BCUT2D eigenvalue weighted by atomic mass is 16.5. The lowest BCUT2D eigenvalue weighted by Crippen LogP contribution is -2.43. The fourth-order valence-electron chi connectivity index (χ4n) is 4.62. The van der Waals surface area contributed by atoms with Crippen molar-refractivity contribution >= 4 is 5.91 Å². The Hall–Kier alpha value is -1.59. The minimum atomic E-state index is -0.391. The number of hydrogen-bond donors (Lipinski definition) is 2. The van der Waals surface area contributed by atoms with Crippen molar-refractivity contribution in [2.45, 2.75) is 37.7 Å². The second-order valence-corrected chi connectivity index (χ2v) is 7.62. The number of amides is 1. The summed E-state index contributed by atoms with van der Waals surface area (Å²) in [5.74, 6) is 1.20. The van der Waals surface area contributed by atoms with Gasteiger partial charge < -0.3 is 19.8 Å². The van der Waals surface area contributed by atoms with Gasteiger partial charge in [-0.15, -0.1) is 0 Å². The van der Waals surface area contributed by atoms with Gasteiger partial charge in [-0.25, -0.2) is 0 Å². The average Bonchev–Trinajstić information content (AvgIpc) is 3.02. The number of benzene rings is 1. The molecule has 1 saturated carbocycles. The molecule has 1 saturated heterocycles. The van der Waals surface area contributed by atoms with E-state index in [0.29, 0.717) is 32.5 Å².